The van der Waals surface area contributed by atoms with Crippen molar-refractivity contribution in [2.24, 2.45) is 10.7 Å². The van der Waals surface area contributed by atoms with Gasteiger partial charge in [0.05, 0.1) is 11.1 Å². The van der Waals surface area contributed by atoms with Gasteiger partial charge in [-0.05, 0) is 48.5 Å². The smallest absolute Gasteiger partial charge is 0.370 e. The summed E-state index contributed by atoms with van der Waals surface area (Å²) in [5.74, 6) is -2.65. The monoisotopic (exact) mass is 538 g/mol. The summed E-state index contributed by atoms with van der Waals surface area (Å²) >= 11 is 0. The zero-order chi connectivity index (χ0) is 25.7. The Bertz CT molecular complexity index is 1260. The van der Waals surface area contributed by atoms with Crippen LogP contribution in [-0.4, -0.2) is 31.0 Å². The summed E-state index contributed by atoms with van der Waals surface area (Å²) < 4.78 is 111. The fourth-order valence-corrected chi connectivity index (χ4v) is 4.29. The molecule has 0 bridgehead atoms. The zero-order valence-corrected chi connectivity index (χ0v) is 19.3. The second-order valence-electron chi connectivity index (χ2n) is 8.18. The maximum Gasteiger partial charge on any atom is 0.417 e. The Morgan fingerprint density at radius 2 is 1.53 bits per heavy atom. The molecule has 0 radical (unpaired) electrons. The summed E-state index contributed by atoms with van der Waals surface area (Å²) in [5.41, 5.74) is 2.19. The normalized spacial score (nSPS) is 20.0. The molecule has 4 rings (SSSR count). The second kappa shape index (κ2) is 9.74. The molecule has 36 heavy (non-hydrogen) atoms. The summed E-state index contributed by atoms with van der Waals surface area (Å²) in [7, 11) is 1.56. The molecule has 2 aromatic carbocycles. The fraction of sp³-hybridized carbons (Fsp3) is 0.261. The van der Waals surface area contributed by atoms with E-state index in [4.69, 9.17) is 5.73 Å². The largest absolute Gasteiger partial charge is 0.417 e. The third-order valence-electron chi connectivity index (χ3n) is 5.68. The molecular weight excluding hydrogens is 520 g/mol. The van der Waals surface area contributed by atoms with E-state index in [-0.39, 0.29) is 48.3 Å². The van der Waals surface area contributed by atoms with Crippen LogP contribution in [0.15, 0.2) is 58.2 Å². The Morgan fingerprint density at radius 1 is 0.944 bits per heavy atom. The van der Waals surface area contributed by atoms with Crippen LogP contribution in [0.3, 0.4) is 0 Å². The van der Waals surface area contributed by atoms with E-state index in [1.54, 1.807) is 11.9 Å². The average Bonchev–Trinajstić information content (AvgIpc) is 2.73. The lowest BCUT2D eigenvalue weighted by atomic mass is 9.87. The van der Waals surface area contributed by atoms with Gasteiger partial charge in [0.25, 0.3) is 0 Å². The standard InChI is InChI=1S/C23H18F8N4.ClH/c1-35-9-11(8-12-14(22(26,27)28)4-2-6-16(12)24)19-13(10-35)20(34-21(32)33-19)18-15(23(29,30)31)5-3-7-17(18)25;/h2-8,20H,9-10H2,1H3,(H3,32,33,34);1H/b11-8+;. The molecular formula is C23H19ClF8N4. The Balaban J connectivity index is 0.00000361. The van der Waals surface area contributed by atoms with E-state index in [1.807, 2.05) is 0 Å². The molecule has 0 aromatic heterocycles. The second-order valence-corrected chi connectivity index (χ2v) is 8.18. The quantitative estimate of drug-likeness (QED) is 0.485. The van der Waals surface area contributed by atoms with Crippen molar-refractivity contribution in [2.75, 3.05) is 20.1 Å². The van der Waals surface area contributed by atoms with E-state index in [1.165, 1.54) is 0 Å². The Morgan fingerprint density at radius 3 is 2.14 bits per heavy atom. The number of rotatable bonds is 2. The van der Waals surface area contributed by atoms with Gasteiger partial charge in [-0.1, -0.05) is 12.1 Å². The first kappa shape index (κ1) is 27.5. The lowest BCUT2D eigenvalue weighted by Gasteiger charge is -2.36. The number of hydrogen-bond acceptors (Lipinski definition) is 4. The van der Waals surface area contributed by atoms with Gasteiger partial charge >= 0.3 is 12.4 Å². The minimum absolute atomic E-state index is 0. The van der Waals surface area contributed by atoms with Crippen molar-refractivity contribution < 1.29 is 35.1 Å². The van der Waals surface area contributed by atoms with Crippen LogP contribution < -0.4 is 11.1 Å². The highest BCUT2D eigenvalue weighted by molar-refractivity contribution is 5.85. The van der Waals surface area contributed by atoms with Crippen molar-refractivity contribution in [1.82, 2.24) is 10.2 Å². The van der Waals surface area contributed by atoms with Crippen LogP contribution >= 0.6 is 12.4 Å². The van der Waals surface area contributed by atoms with Crippen LogP contribution in [0, 0.1) is 11.6 Å². The van der Waals surface area contributed by atoms with Crippen LogP contribution in [0.2, 0.25) is 0 Å². The Labute approximate surface area is 206 Å². The van der Waals surface area contributed by atoms with E-state index >= 15 is 0 Å². The molecule has 194 valence electrons. The highest BCUT2D eigenvalue weighted by Gasteiger charge is 2.41. The molecule has 0 fully saturated rings. The summed E-state index contributed by atoms with van der Waals surface area (Å²) in [4.78, 5) is 5.58. The number of hydrogen-bond donors (Lipinski definition) is 2. The molecule has 0 spiro atoms. The van der Waals surface area contributed by atoms with Crippen LogP contribution in [0.25, 0.3) is 6.08 Å². The zero-order valence-electron chi connectivity index (χ0n) is 18.4. The molecule has 1 atom stereocenters. The Kier molecular flexibility index (Phi) is 7.43. The highest BCUT2D eigenvalue weighted by Crippen LogP contribution is 2.43. The Hall–Kier alpha value is -3.12. The molecule has 2 aliphatic heterocycles. The van der Waals surface area contributed by atoms with Crippen molar-refractivity contribution in [1.29, 1.82) is 0 Å². The van der Waals surface area contributed by atoms with E-state index < -0.39 is 52.3 Å². The van der Waals surface area contributed by atoms with Crippen molar-refractivity contribution in [3.05, 3.63) is 87.1 Å². The molecule has 13 heteroatoms. The molecule has 3 N–H and O–H groups in total. The maximum atomic E-state index is 14.8. The molecule has 0 amide bonds. The lowest BCUT2D eigenvalue weighted by Crippen LogP contribution is -2.44. The number of halogens is 9. The van der Waals surface area contributed by atoms with E-state index in [0.29, 0.717) is 6.07 Å². The van der Waals surface area contributed by atoms with Gasteiger partial charge < -0.3 is 11.1 Å². The molecule has 1 unspecified atom stereocenters. The first-order valence-electron chi connectivity index (χ1n) is 10.2. The van der Waals surface area contributed by atoms with Crippen molar-refractivity contribution >= 4 is 24.4 Å². The summed E-state index contributed by atoms with van der Waals surface area (Å²) in [5, 5.41) is 2.67. The molecule has 2 aliphatic rings. The van der Waals surface area contributed by atoms with Gasteiger partial charge in [-0.25, -0.2) is 13.8 Å². The molecule has 0 aliphatic carbocycles. The van der Waals surface area contributed by atoms with Gasteiger partial charge in [0.2, 0.25) is 0 Å². The van der Waals surface area contributed by atoms with Gasteiger partial charge in [0, 0.05) is 29.9 Å². The van der Waals surface area contributed by atoms with Crippen molar-refractivity contribution in [3.8, 4) is 0 Å². The van der Waals surface area contributed by atoms with E-state index in [0.717, 1.165) is 36.4 Å². The number of benzene rings is 2. The predicted molar refractivity (Wildman–Crippen MR) is 120 cm³/mol. The number of nitrogens with zero attached hydrogens (tertiary/aromatic N) is 2. The third kappa shape index (κ3) is 5.19. The third-order valence-corrected chi connectivity index (χ3v) is 5.68. The van der Waals surface area contributed by atoms with Gasteiger partial charge in [-0.3, -0.25) is 4.90 Å². The van der Waals surface area contributed by atoms with E-state index in [9.17, 15) is 35.1 Å². The number of guanidine groups is 1. The first-order chi connectivity index (χ1) is 16.3. The molecule has 2 heterocycles. The minimum atomic E-state index is -4.90. The van der Waals surface area contributed by atoms with Crippen LogP contribution in [0.4, 0.5) is 35.1 Å². The summed E-state index contributed by atoms with van der Waals surface area (Å²) in [6.45, 7) is 0.0248. The van der Waals surface area contributed by atoms with Crippen LogP contribution in [-0.2, 0) is 12.4 Å². The van der Waals surface area contributed by atoms with Crippen molar-refractivity contribution in [2.45, 2.75) is 18.4 Å². The molecule has 0 saturated heterocycles. The number of nitrogens with two attached hydrogens (primary N) is 1. The number of alkyl halides is 6. The SMILES string of the molecule is CN1CC2=C(NC(N)=NC2c2c(F)cccc2C(F)(F)F)/C(=C/c2c(F)cccc2C(F)(F)F)C1.Cl. The number of likely N-dealkylation sites (N-methyl/N-ethyl adjacent to an activating group) is 1. The van der Waals surface area contributed by atoms with Gasteiger partial charge in [-0.2, -0.15) is 26.3 Å². The average molecular weight is 539 g/mol. The van der Waals surface area contributed by atoms with Crippen LogP contribution in [0.5, 0.6) is 0 Å². The van der Waals surface area contributed by atoms with Gasteiger partial charge in [0.15, 0.2) is 5.96 Å². The topological polar surface area (TPSA) is 53.6 Å². The first-order valence-corrected chi connectivity index (χ1v) is 10.2. The van der Waals surface area contributed by atoms with Crippen molar-refractivity contribution in [3.63, 3.8) is 0 Å². The fourth-order valence-electron chi connectivity index (χ4n) is 4.29. The minimum Gasteiger partial charge on any atom is -0.370 e. The summed E-state index contributed by atoms with van der Waals surface area (Å²) in [6, 6.07) is 3.50. The highest BCUT2D eigenvalue weighted by atomic mass is 35.5. The molecule has 2 aromatic rings. The van der Waals surface area contributed by atoms with Gasteiger partial charge in [-0.15, -0.1) is 12.4 Å². The van der Waals surface area contributed by atoms with Gasteiger partial charge in [0.1, 0.15) is 17.7 Å². The maximum absolute atomic E-state index is 14.8. The van der Waals surface area contributed by atoms with E-state index in [2.05, 4.69) is 10.3 Å². The lowest BCUT2D eigenvalue weighted by molar-refractivity contribution is -0.139. The number of aliphatic imine (C=N–C) groups is 1. The molecule has 4 nitrogen and oxygen atoms in total. The molecule has 0 saturated carbocycles. The predicted octanol–water partition coefficient (Wildman–Crippen LogP) is 5.67. The number of nitrogens with one attached hydrogen (secondary N) is 1. The summed E-state index contributed by atoms with van der Waals surface area (Å²) in [6.07, 6.45) is -8.79. The van der Waals surface area contributed by atoms with Crippen LogP contribution in [0.1, 0.15) is 28.3 Å².